The summed E-state index contributed by atoms with van der Waals surface area (Å²) < 4.78 is 26.9. The Hall–Kier alpha value is -2.19. The lowest BCUT2D eigenvalue weighted by Crippen LogP contribution is -2.16. The van der Waals surface area contributed by atoms with E-state index in [1.807, 2.05) is 26.0 Å². The number of hydrazine groups is 1. The Morgan fingerprint density at radius 2 is 1.80 bits per heavy atom. The van der Waals surface area contributed by atoms with Crippen molar-refractivity contribution in [3.8, 4) is 0 Å². The first-order chi connectivity index (χ1) is 9.42. The zero-order chi connectivity index (χ0) is 14.8. The Balaban J connectivity index is 2.30. The van der Waals surface area contributed by atoms with Crippen LogP contribution in [0.3, 0.4) is 0 Å². The minimum absolute atomic E-state index is 0.0310. The molecular weight excluding hydrogens is 278 g/mol. The van der Waals surface area contributed by atoms with Gasteiger partial charge in [-0.25, -0.2) is 24.2 Å². The number of nitrogens with two attached hydrogens (primary N) is 1. The lowest BCUT2D eigenvalue weighted by Gasteiger charge is -2.11. The number of rotatable bonds is 4. The summed E-state index contributed by atoms with van der Waals surface area (Å²) in [5.74, 6) is 5.28. The number of sulfonamides is 1. The fraction of sp³-hybridized carbons (Fsp3) is 0.167. The van der Waals surface area contributed by atoms with E-state index >= 15 is 0 Å². The van der Waals surface area contributed by atoms with Gasteiger partial charge >= 0.3 is 0 Å². The lowest BCUT2D eigenvalue weighted by molar-refractivity contribution is 0.600. The van der Waals surface area contributed by atoms with Gasteiger partial charge in [-0.3, -0.25) is 10.1 Å². The third-order valence-electron chi connectivity index (χ3n) is 2.69. The monoisotopic (exact) mass is 293 g/mol. The van der Waals surface area contributed by atoms with Crippen LogP contribution in [0.4, 0.5) is 11.6 Å². The first-order valence-corrected chi connectivity index (χ1v) is 7.29. The molecule has 8 heteroatoms. The minimum atomic E-state index is -3.72. The van der Waals surface area contributed by atoms with Gasteiger partial charge in [-0.1, -0.05) is 17.7 Å². The van der Waals surface area contributed by atoms with Crippen LogP contribution in [-0.2, 0) is 10.0 Å². The van der Waals surface area contributed by atoms with Crippen molar-refractivity contribution in [3.63, 3.8) is 0 Å². The van der Waals surface area contributed by atoms with Gasteiger partial charge in [-0.2, -0.15) is 0 Å². The van der Waals surface area contributed by atoms with Gasteiger partial charge in [-0.15, -0.1) is 0 Å². The zero-order valence-electron chi connectivity index (χ0n) is 11.1. The number of anilines is 2. The normalized spacial score (nSPS) is 11.2. The maximum absolute atomic E-state index is 12.2. The van der Waals surface area contributed by atoms with Crippen molar-refractivity contribution >= 4 is 21.7 Å². The van der Waals surface area contributed by atoms with Gasteiger partial charge in [-0.05, 0) is 25.5 Å². The minimum Gasteiger partial charge on any atom is -0.292 e. The quantitative estimate of drug-likeness (QED) is 0.577. The van der Waals surface area contributed by atoms with Gasteiger partial charge in [0.1, 0.15) is 4.90 Å². The molecule has 0 unspecified atom stereocenters. The average Bonchev–Trinajstić information content (AvgIpc) is 2.42. The van der Waals surface area contributed by atoms with Gasteiger partial charge in [0.25, 0.3) is 10.0 Å². The number of hydrogen-bond acceptors (Lipinski definition) is 6. The summed E-state index contributed by atoms with van der Waals surface area (Å²) in [4.78, 5) is 7.52. The van der Waals surface area contributed by atoms with E-state index in [1.54, 1.807) is 6.07 Å². The SMILES string of the molecule is Cc1ccc(NS(=O)(=O)c2cnc(NN)nc2)c(C)c1. The molecule has 1 heterocycles. The summed E-state index contributed by atoms with van der Waals surface area (Å²) in [6.07, 6.45) is 2.38. The maximum Gasteiger partial charge on any atom is 0.264 e. The molecule has 2 rings (SSSR count). The van der Waals surface area contributed by atoms with Gasteiger partial charge < -0.3 is 0 Å². The van der Waals surface area contributed by atoms with E-state index < -0.39 is 10.0 Å². The highest BCUT2D eigenvalue weighted by Crippen LogP contribution is 2.20. The Labute approximate surface area is 117 Å². The van der Waals surface area contributed by atoms with Crippen LogP contribution in [0.1, 0.15) is 11.1 Å². The summed E-state index contributed by atoms with van der Waals surface area (Å²) in [5.41, 5.74) is 4.66. The third-order valence-corrected chi connectivity index (χ3v) is 4.01. The first kappa shape index (κ1) is 14.2. The molecule has 1 aromatic heterocycles. The highest BCUT2D eigenvalue weighted by molar-refractivity contribution is 7.92. The molecule has 0 radical (unpaired) electrons. The number of hydrogen-bond donors (Lipinski definition) is 3. The topological polar surface area (TPSA) is 110 Å². The van der Waals surface area contributed by atoms with Gasteiger partial charge in [0.2, 0.25) is 5.95 Å². The van der Waals surface area contributed by atoms with Crippen LogP contribution < -0.4 is 16.0 Å². The van der Waals surface area contributed by atoms with Crippen molar-refractivity contribution in [3.05, 3.63) is 41.7 Å². The molecule has 0 bridgehead atoms. The van der Waals surface area contributed by atoms with Gasteiger partial charge in [0.05, 0.1) is 18.1 Å². The molecule has 7 nitrogen and oxygen atoms in total. The molecule has 0 fully saturated rings. The fourth-order valence-corrected chi connectivity index (χ4v) is 2.68. The second-order valence-corrected chi connectivity index (χ2v) is 5.99. The second-order valence-electron chi connectivity index (χ2n) is 4.31. The Morgan fingerprint density at radius 1 is 1.15 bits per heavy atom. The molecule has 0 saturated carbocycles. The molecule has 0 spiro atoms. The largest absolute Gasteiger partial charge is 0.292 e. The lowest BCUT2D eigenvalue weighted by atomic mass is 10.1. The summed E-state index contributed by atoms with van der Waals surface area (Å²) in [6.45, 7) is 3.78. The Bertz CT molecular complexity index is 713. The molecule has 106 valence electrons. The molecule has 0 aliphatic carbocycles. The number of aromatic nitrogens is 2. The molecule has 20 heavy (non-hydrogen) atoms. The van der Waals surface area contributed by atoms with Crippen LogP contribution >= 0.6 is 0 Å². The van der Waals surface area contributed by atoms with Crippen LogP contribution in [0.5, 0.6) is 0 Å². The van der Waals surface area contributed by atoms with E-state index in [2.05, 4.69) is 20.1 Å². The van der Waals surface area contributed by atoms with E-state index in [9.17, 15) is 8.42 Å². The molecule has 0 aliphatic rings. The van der Waals surface area contributed by atoms with Crippen LogP contribution in [0.25, 0.3) is 0 Å². The van der Waals surface area contributed by atoms with E-state index in [1.165, 1.54) is 12.4 Å². The van der Waals surface area contributed by atoms with Crippen molar-refractivity contribution in [1.29, 1.82) is 0 Å². The predicted octanol–water partition coefficient (Wildman–Crippen LogP) is 1.18. The Morgan fingerprint density at radius 3 is 2.35 bits per heavy atom. The van der Waals surface area contributed by atoms with Gasteiger partial charge in [0.15, 0.2) is 0 Å². The van der Waals surface area contributed by atoms with E-state index in [-0.39, 0.29) is 10.8 Å². The average molecular weight is 293 g/mol. The van der Waals surface area contributed by atoms with Crippen molar-refractivity contribution < 1.29 is 8.42 Å². The molecule has 0 amide bonds. The molecule has 4 N–H and O–H groups in total. The predicted molar refractivity (Wildman–Crippen MR) is 76.6 cm³/mol. The van der Waals surface area contributed by atoms with E-state index in [0.717, 1.165) is 11.1 Å². The molecule has 0 saturated heterocycles. The molecular formula is C12H15N5O2S. The number of aryl methyl sites for hydroxylation is 2. The van der Waals surface area contributed by atoms with Crippen LogP contribution in [0.15, 0.2) is 35.5 Å². The van der Waals surface area contributed by atoms with Crippen molar-refractivity contribution in [2.75, 3.05) is 10.1 Å². The smallest absolute Gasteiger partial charge is 0.264 e. The van der Waals surface area contributed by atoms with Crippen molar-refractivity contribution in [2.45, 2.75) is 18.7 Å². The van der Waals surface area contributed by atoms with Crippen molar-refractivity contribution in [1.82, 2.24) is 9.97 Å². The fourth-order valence-electron chi connectivity index (χ4n) is 1.66. The van der Waals surface area contributed by atoms with Crippen LogP contribution in [0.2, 0.25) is 0 Å². The Kier molecular flexibility index (Phi) is 3.86. The number of nitrogens with one attached hydrogen (secondary N) is 2. The maximum atomic E-state index is 12.2. The van der Waals surface area contributed by atoms with E-state index in [4.69, 9.17) is 5.84 Å². The standard InChI is InChI=1S/C12H15N5O2S/c1-8-3-4-11(9(2)5-8)17-20(18,19)10-6-14-12(16-13)15-7-10/h3-7,17H,13H2,1-2H3,(H,14,15,16). The van der Waals surface area contributed by atoms with Crippen molar-refractivity contribution in [2.24, 2.45) is 5.84 Å². The summed E-state index contributed by atoms with van der Waals surface area (Å²) in [7, 11) is -3.72. The van der Waals surface area contributed by atoms with Crippen LogP contribution in [-0.4, -0.2) is 18.4 Å². The molecule has 0 aliphatic heterocycles. The van der Waals surface area contributed by atoms with Crippen LogP contribution in [0, 0.1) is 13.8 Å². The van der Waals surface area contributed by atoms with E-state index in [0.29, 0.717) is 5.69 Å². The number of nitrogens with zero attached hydrogens (tertiary/aromatic N) is 2. The first-order valence-electron chi connectivity index (χ1n) is 5.81. The van der Waals surface area contributed by atoms with Gasteiger partial charge in [0, 0.05) is 0 Å². The number of nitrogen functional groups attached to an aromatic ring is 1. The zero-order valence-corrected chi connectivity index (χ0v) is 11.9. The highest BCUT2D eigenvalue weighted by Gasteiger charge is 2.16. The summed E-state index contributed by atoms with van der Waals surface area (Å²) in [6, 6.07) is 5.46. The molecule has 2 aromatic rings. The third kappa shape index (κ3) is 3.03. The summed E-state index contributed by atoms with van der Waals surface area (Å²) >= 11 is 0. The number of benzene rings is 1. The molecule has 0 atom stereocenters. The summed E-state index contributed by atoms with van der Waals surface area (Å²) in [5, 5.41) is 0. The highest BCUT2D eigenvalue weighted by atomic mass is 32.2. The molecule has 1 aromatic carbocycles. The second kappa shape index (κ2) is 5.43.